The number of aromatic nitrogens is 1. The third-order valence-corrected chi connectivity index (χ3v) is 9.25. The van der Waals surface area contributed by atoms with Gasteiger partial charge >= 0.3 is 0 Å². The molecule has 192 valence electrons. The Bertz CT molecular complexity index is 1280. The second kappa shape index (κ2) is 8.10. The van der Waals surface area contributed by atoms with Crippen LogP contribution in [0, 0.1) is 23.1 Å². The molecule has 4 fully saturated rings. The number of halogens is 3. The second-order valence-corrected chi connectivity index (χ2v) is 11.3. The van der Waals surface area contributed by atoms with E-state index in [0.717, 1.165) is 44.8 Å². The zero-order chi connectivity index (χ0) is 25.5. The van der Waals surface area contributed by atoms with Crippen molar-refractivity contribution in [1.82, 2.24) is 9.47 Å². The molecule has 2 unspecified atom stereocenters. The number of hydrogen-bond acceptors (Lipinski definition) is 4. The van der Waals surface area contributed by atoms with Crippen molar-refractivity contribution in [3.8, 4) is 0 Å². The van der Waals surface area contributed by atoms with Crippen LogP contribution >= 0.6 is 0 Å². The lowest BCUT2D eigenvalue weighted by Gasteiger charge is -2.36. The van der Waals surface area contributed by atoms with Crippen LogP contribution in [0.3, 0.4) is 0 Å². The number of piperidine rings is 1. The Morgan fingerprint density at radius 1 is 1.19 bits per heavy atom. The maximum atomic E-state index is 15.3. The lowest BCUT2D eigenvalue weighted by molar-refractivity contribution is 0.0999. The van der Waals surface area contributed by atoms with Gasteiger partial charge in [-0.25, -0.2) is 13.2 Å². The van der Waals surface area contributed by atoms with Gasteiger partial charge in [0.2, 0.25) is 0 Å². The summed E-state index contributed by atoms with van der Waals surface area (Å²) in [6.45, 7) is 3.42. The second-order valence-electron chi connectivity index (χ2n) is 11.3. The summed E-state index contributed by atoms with van der Waals surface area (Å²) < 4.78 is 43.9. The van der Waals surface area contributed by atoms with Gasteiger partial charge in [-0.05, 0) is 50.5 Å². The number of nitrogens with two attached hydrogens (primary N) is 1. The zero-order valence-corrected chi connectivity index (χ0v) is 20.5. The summed E-state index contributed by atoms with van der Waals surface area (Å²) in [5.41, 5.74) is 5.83. The van der Waals surface area contributed by atoms with Gasteiger partial charge in [-0.15, -0.1) is 0 Å². The molecule has 2 N–H and O–H groups in total. The first kappa shape index (κ1) is 23.6. The Hall–Kier alpha value is -2.81. The van der Waals surface area contributed by atoms with Crippen LogP contribution in [-0.2, 0) is 0 Å². The van der Waals surface area contributed by atoms with Crippen LogP contribution in [0.15, 0.2) is 35.3 Å². The van der Waals surface area contributed by atoms with E-state index < -0.39 is 29.8 Å². The summed E-state index contributed by atoms with van der Waals surface area (Å²) in [6, 6.07) is 4.81. The van der Waals surface area contributed by atoms with Crippen molar-refractivity contribution in [3.05, 3.63) is 63.3 Å². The van der Waals surface area contributed by atoms with Gasteiger partial charge in [0.15, 0.2) is 0 Å². The molecular weight excluding hydrogens is 469 g/mol. The number of nitrogens with zero attached hydrogens (tertiary/aromatic N) is 3. The summed E-state index contributed by atoms with van der Waals surface area (Å²) in [5, 5.41) is 0. The normalized spacial score (nSPS) is 28.6. The molecule has 1 aromatic carbocycles. The van der Waals surface area contributed by atoms with Gasteiger partial charge in [-0.2, -0.15) is 0 Å². The molecule has 4 atom stereocenters. The van der Waals surface area contributed by atoms with Gasteiger partial charge in [0.1, 0.15) is 5.82 Å². The van der Waals surface area contributed by atoms with Gasteiger partial charge in [0.05, 0.1) is 22.9 Å². The monoisotopic (exact) mass is 500 g/mol. The Labute approximate surface area is 207 Å². The smallest absolute Gasteiger partial charge is 0.266 e. The number of benzene rings is 1. The average Bonchev–Trinajstić information content (AvgIpc) is 3.66. The maximum Gasteiger partial charge on any atom is 0.266 e. The lowest BCUT2D eigenvalue weighted by Crippen LogP contribution is -2.39. The summed E-state index contributed by atoms with van der Waals surface area (Å²) in [7, 11) is 2.03. The number of carbonyl (C=O) groups is 1. The van der Waals surface area contributed by atoms with Gasteiger partial charge in [0.25, 0.3) is 17.9 Å². The van der Waals surface area contributed by atoms with Gasteiger partial charge < -0.3 is 20.1 Å². The number of amides is 1. The van der Waals surface area contributed by atoms with Crippen molar-refractivity contribution in [2.45, 2.75) is 57.2 Å². The zero-order valence-electron chi connectivity index (χ0n) is 20.5. The fourth-order valence-corrected chi connectivity index (χ4v) is 7.03. The first-order valence-corrected chi connectivity index (χ1v) is 12.7. The van der Waals surface area contributed by atoms with Crippen molar-refractivity contribution in [1.29, 1.82) is 0 Å². The van der Waals surface area contributed by atoms with Crippen molar-refractivity contribution in [2.75, 3.05) is 25.0 Å². The summed E-state index contributed by atoms with van der Waals surface area (Å²) in [5.74, 6) is -1.05. The highest BCUT2D eigenvalue weighted by Crippen LogP contribution is 2.67. The molecule has 9 heteroatoms. The third-order valence-electron chi connectivity index (χ3n) is 9.25. The number of fused-ring (bicyclic) bond motifs is 1. The first-order valence-electron chi connectivity index (χ1n) is 12.7. The predicted octanol–water partition coefficient (Wildman–Crippen LogP) is 4.27. The van der Waals surface area contributed by atoms with E-state index in [4.69, 9.17) is 5.73 Å². The van der Waals surface area contributed by atoms with Crippen LogP contribution < -0.4 is 16.2 Å². The highest BCUT2D eigenvalue weighted by molar-refractivity contribution is 5.98. The first-order chi connectivity index (χ1) is 17.1. The quantitative estimate of drug-likeness (QED) is 0.617. The molecule has 0 bridgehead atoms. The summed E-state index contributed by atoms with van der Waals surface area (Å²) in [4.78, 5) is 30.1. The molecule has 6 nitrogen and oxygen atoms in total. The highest BCUT2D eigenvalue weighted by Gasteiger charge is 2.60. The number of likely N-dealkylation sites (tertiary alicyclic amines) is 1. The number of pyridine rings is 1. The summed E-state index contributed by atoms with van der Waals surface area (Å²) >= 11 is 0. The van der Waals surface area contributed by atoms with Crippen LogP contribution in [-0.4, -0.2) is 41.6 Å². The fraction of sp³-hybridized carbons (Fsp3) is 0.556. The Balaban J connectivity index is 1.45. The number of hydrogen-bond donors (Lipinski definition) is 1. The van der Waals surface area contributed by atoms with Crippen molar-refractivity contribution in [3.63, 3.8) is 0 Å². The van der Waals surface area contributed by atoms with Crippen LogP contribution in [0.2, 0.25) is 0 Å². The number of primary amides is 1. The molecular formula is C27H31F3N4O2. The molecule has 6 rings (SSSR count). The molecule has 36 heavy (non-hydrogen) atoms. The van der Waals surface area contributed by atoms with E-state index in [2.05, 4.69) is 4.90 Å². The van der Waals surface area contributed by atoms with Gasteiger partial charge in [-0.3, -0.25) is 9.59 Å². The fourth-order valence-electron chi connectivity index (χ4n) is 7.03. The molecule has 0 radical (unpaired) electrons. The van der Waals surface area contributed by atoms with E-state index in [1.165, 1.54) is 18.2 Å². The van der Waals surface area contributed by atoms with Crippen LogP contribution in [0.4, 0.5) is 18.9 Å². The van der Waals surface area contributed by atoms with Gasteiger partial charge in [0, 0.05) is 43.0 Å². The maximum absolute atomic E-state index is 15.3. The van der Waals surface area contributed by atoms with E-state index >= 15 is 4.39 Å². The van der Waals surface area contributed by atoms with E-state index in [9.17, 15) is 18.4 Å². The number of alkyl halides is 2. The van der Waals surface area contributed by atoms with Crippen molar-refractivity contribution < 1.29 is 18.0 Å². The van der Waals surface area contributed by atoms with E-state index in [1.54, 1.807) is 17.7 Å². The molecule has 1 saturated heterocycles. The third kappa shape index (κ3) is 3.49. The molecule has 1 amide bonds. The largest absolute Gasteiger partial charge is 0.365 e. The minimum absolute atomic E-state index is 0.0435. The van der Waals surface area contributed by atoms with E-state index in [0.29, 0.717) is 5.69 Å². The minimum atomic E-state index is -2.94. The summed E-state index contributed by atoms with van der Waals surface area (Å²) in [6.07, 6.45) is 2.88. The van der Waals surface area contributed by atoms with Crippen molar-refractivity contribution in [2.24, 2.45) is 23.0 Å². The minimum Gasteiger partial charge on any atom is -0.365 e. The average molecular weight is 501 g/mol. The van der Waals surface area contributed by atoms with E-state index in [1.807, 2.05) is 11.9 Å². The molecule has 3 saturated carbocycles. The molecule has 1 spiro atoms. The SMILES string of the molecule is C[C@H](c1cccc(C(F)F)c1F)N(c1cc(=O)n([C@@H]2CC23CCC3)cc1C(N)=O)C1C2CN(C)CC21. The number of anilines is 1. The molecule has 1 aromatic heterocycles. The topological polar surface area (TPSA) is 71.6 Å². The Morgan fingerprint density at radius 3 is 2.42 bits per heavy atom. The number of rotatable bonds is 7. The molecule has 1 aliphatic heterocycles. The molecule has 4 aliphatic rings. The molecule has 2 heterocycles. The molecule has 3 aliphatic carbocycles. The van der Waals surface area contributed by atoms with Gasteiger partial charge in [-0.1, -0.05) is 24.6 Å². The van der Waals surface area contributed by atoms with E-state index in [-0.39, 0.29) is 46.0 Å². The van der Waals surface area contributed by atoms with Crippen molar-refractivity contribution >= 4 is 11.6 Å². The highest BCUT2D eigenvalue weighted by atomic mass is 19.3. The predicted molar refractivity (Wildman–Crippen MR) is 130 cm³/mol. The number of carbonyl (C=O) groups excluding carboxylic acids is 1. The standard InChI is InChI=1S/C27H31F3N4O2/c1-14(15-5-3-6-16(23(15)28)25(29)30)34(24-17-11-32(2)12-18(17)24)20-9-22(35)33(13-19(20)26(31)36)21-10-27(21)7-4-8-27/h3,5-6,9,13-14,17-18,21,24-25H,4,7-8,10-12H2,1-2H3,(H2,31,36)/t14-,17?,18?,21-,24?/m1/s1. The molecule has 2 aromatic rings. The van der Waals surface area contributed by atoms with Crippen LogP contribution in [0.5, 0.6) is 0 Å². The van der Waals surface area contributed by atoms with Crippen LogP contribution in [0.1, 0.15) is 72.6 Å². The Kier molecular flexibility index (Phi) is 5.30. The van der Waals surface area contributed by atoms with Crippen LogP contribution in [0.25, 0.3) is 0 Å². The Morgan fingerprint density at radius 2 is 1.86 bits per heavy atom. The lowest BCUT2D eigenvalue weighted by atomic mass is 9.81.